The first kappa shape index (κ1) is 94.0. The first-order chi connectivity index (χ1) is 51.1. The summed E-state index contributed by atoms with van der Waals surface area (Å²) in [6.45, 7) is -7.12. The van der Waals surface area contributed by atoms with Crippen LogP contribution in [0.1, 0.15) is 64.2 Å². The van der Waals surface area contributed by atoms with E-state index in [0.717, 1.165) is 19.6 Å². The van der Waals surface area contributed by atoms with Gasteiger partial charge < -0.3 is 93.4 Å². The van der Waals surface area contributed by atoms with Gasteiger partial charge in [-0.25, -0.2) is 0 Å². The summed E-state index contributed by atoms with van der Waals surface area (Å²) >= 11 is 0. The Kier molecular flexibility index (Phi) is 42.3. The quantitative estimate of drug-likeness (QED) is 0.0294. The van der Waals surface area contributed by atoms with Crippen molar-refractivity contribution in [3.63, 3.8) is 0 Å². The van der Waals surface area contributed by atoms with Crippen LogP contribution >= 0.6 is 0 Å². The molecule has 2 aromatic rings. The molecule has 0 aliphatic rings. The first-order valence-electron chi connectivity index (χ1n) is 34.2. The van der Waals surface area contributed by atoms with Crippen molar-refractivity contribution in [2.24, 2.45) is 11.8 Å². The Labute approximate surface area is 625 Å². The number of carboxylic acids is 10. The summed E-state index contributed by atoms with van der Waals surface area (Å²) in [5.41, 5.74) is 1.67. The minimum atomic E-state index is -1.83. The van der Waals surface area contributed by atoms with E-state index in [-0.39, 0.29) is 50.7 Å². The summed E-state index contributed by atoms with van der Waals surface area (Å²) in [4.78, 5) is 222. The second-order valence-corrected chi connectivity index (χ2v) is 26.0. The molecule has 0 aliphatic carbocycles. The molecule has 6 atom stereocenters. The number of nitrogens with zero attached hydrogens (tertiary/aromatic N) is 7. The normalized spacial score (nSPS) is 13.0. The predicted octanol–water partition coefficient (Wildman–Crippen LogP) is -5.64. The number of nitrogens with one attached hydrogen (secondary N) is 7. The molecular formula is C67H100N14O28. The molecule has 2 rings (SSSR count). The molecule has 0 aliphatic heterocycles. The molecule has 7 amide bonds. The number of hydrogen-bond acceptors (Lipinski definition) is 25. The Hall–Kier alpha value is -11.0. The van der Waals surface area contributed by atoms with Gasteiger partial charge in [-0.15, -0.1) is 0 Å². The third-order valence-electron chi connectivity index (χ3n) is 16.3. The van der Waals surface area contributed by atoms with Crippen molar-refractivity contribution < 1.29 is 138 Å². The molecule has 42 heteroatoms. The standard InChI is InChI=1S/C67H100N14O28/c1-6-41(4)62(74-64(106)48(72-42(5)82)24-43-11-13-46(83)14-12-43)67(109)73-47(23-40(2)3)63(105)71-26-45-9-7-44(8-10-45)25-70-51(84)29-75(17-15-68-65(107)49(80(36-58(97)98)37-59(99)100)27-76(30-52(85)86)19-21-78(32-54(89)90)33-55(91)92)18-16-69-66(108)50(81(38-60(101)102)39-61(103)104)28-77(31-53(87)88)20-22-79(34-56(93)94)35-57(95)96/h7-14,40-41,47-50,62,83H,6,15-39H2,1-5H3,(H,68,107)(H,69,108)(H,70,84)(H,71,105)(H,72,82)(H,73,109)(H,74,106)(H,85,86)(H,87,88)(H,89,90)(H,91,92)(H,93,94)(H,95,96)(H,97,98)(H,99,100)(H,101,102)(H,103,104)/t41?,47-,48-,49+,50+,62-/m0/s1. The number of aliphatic carboxylic acids is 10. The second kappa shape index (κ2) is 49.0. The Bertz CT molecular complexity index is 3260. The molecule has 18 N–H and O–H groups in total. The van der Waals surface area contributed by atoms with Crippen LogP contribution in [-0.2, 0) is 101 Å². The summed E-state index contributed by atoms with van der Waals surface area (Å²) in [5.74, 6) is -21.4. The fraction of sp³-hybridized carbons (Fsp3) is 0.567. The van der Waals surface area contributed by atoms with Gasteiger partial charge in [0, 0.05) is 91.9 Å². The van der Waals surface area contributed by atoms with Crippen molar-refractivity contribution in [2.75, 3.05) is 137 Å². The molecule has 2 aromatic carbocycles. The van der Waals surface area contributed by atoms with Crippen molar-refractivity contribution in [1.29, 1.82) is 0 Å². The van der Waals surface area contributed by atoms with Gasteiger partial charge in [0.2, 0.25) is 41.4 Å². The van der Waals surface area contributed by atoms with Crippen LogP contribution in [0.5, 0.6) is 5.75 Å². The molecule has 606 valence electrons. The van der Waals surface area contributed by atoms with E-state index in [4.69, 9.17) is 0 Å². The Morgan fingerprint density at radius 2 is 0.725 bits per heavy atom. The van der Waals surface area contributed by atoms with Crippen molar-refractivity contribution in [1.82, 2.24) is 71.5 Å². The molecule has 0 bridgehead atoms. The van der Waals surface area contributed by atoms with Crippen LogP contribution in [0.25, 0.3) is 0 Å². The third kappa shape index (κ3) is 40.5. The van der Waals surface area contributed by atoms with Crippen LogP contribution in [0.3, 0.4) is 0 Å². The van der Waals surface area contributed by atoms with E-state index >= 15 is 0 Å². The molecule has 0 heterocycles. The van der Waals surface area contributed by atoms with Gasteiger partial charge in [-0.05, 0) is 47.1 Å². The van der Waals surface area contributed by atoms with Crippen LogP contribution in [-0.4, -0.2) is 359 Å². The first-order valence-corrected chi connectivity index (χ1v) is 34.2. The number of carboxylic acid groups (broad SMARTS) is 10. The highest BCUT2D eigenvalue weighted by Crippen LogP contribution is 2.16. The van der Waals surface area contributed by atoms with Crippen molar-refractivity contribution >= 4 is 101 Å². The smallest absolute Gasteiger partial charge is 0.317 e. The Morgan fingerprint density at radius 1 is 0.367 bits per heavy atom. The number of carbonyl (C=O) groups is 17. The van der Waals surface area contributed by atoms with E-state index in [0.29, 0.717) is 32.9 Å². The van der Waals surface area contributed by atoms with Gasteiger partial charge in [0.1, 0.15) is 36.0 Å². The van der Waals surface area contributed by atoms with Crippen LogP contribution in [0.15, 0.2) is 48.5 Å². The van der Waals surface area contributed by atoms with Crippen LogP contribution in [0.2, 0.25) is 0 Å². The highest BCUT2D eigenvalue weighted by atomic mass is 16.4. The van der Waals surface area contributed by atoms with Gasteiger partial charge in [0.25, 0.3) is 0 Å². The van der Waals surface area contributed by atoms with E-state index in [1.54, 1.807) is 50.2 Å². The summed E-state index contributed by atoms with van der Waals surface area (Å²) in [7, 11) is 0. The molecule has 0 saturated carbocycles. The van der Waals surface area contributed by atoms with Crippen molar-refractivity contribution in [3.8, 4) is 5.75 Å². The lowest BCUT2D eigenvalue weighted by Gasteiger charge is -2.33. The highest BCUT2D eigenvalue weighted by molar-refractivity contribution is 5.94. The average molecular weight is 1550 g/mol. The number of phenols is 1. The number of hydrogen-bond donors (Lipinski definition) is 18. The van der Waals surface area contributed by atoms with Gasteiger partial charge in [-0.3, -0.25) is 116 Å². The van der Waals surface area contributed by atoms with Crippen molar-refractivity contribution in [2.45, 2.75) is 97.2 Å². The molecule has 1 unspecified atom stereocenters. The summed E-state index contributed by atoms with van der Waals surface area (Å²) < 4.78 is 0. The average Bonchev–Trinajstić information content (AvgIpc) is 0.861. The van der Waals surface area contributed by atoms with Gasteiger partial charge in [0.15, 0.2) is 0 Å². The molecule has 0 spiro atoms. The molecule has 0 aromatic heterocycles. The molecule has 109 heavy (non-hydrogen) atoms. The summed E-state index contributed by atoms with van der Waals surface area (Å²) in [5, 5.41) is 125. The zero-order valence-corrected chi connectivity index (χ0v) is 61.0. The van der Waals surface area contributed by atoms with E-state index in [2.05, 4.69) is 37.2 Å². The molecule has 0 radical (unpaired) electrons. The zero-order chi connectivity index (χ0) is 82.2. The highest BCUT2D eigenvalue weighted by Gasteiger charge is 2.36. The minimum Gasteiger partial charge on any atom is -0.508 e. The monoisotopic (exact) mass is 1550 g/mol. The van der Waals surface area contributed by atoms with Gasteiger partial charge >= 0.3 is 59.7 Å². The van der Waals surface area contributed by atoms with E-state index < -0.39 is 262 Å². The maximum absolute atomic E-state index is 14.3. The Morgan fingerprint density at radius 3 is 1.08 bits per heavy atom. The molecule has 0 fully saturated rings. The number of rotatable bonds is 58. The summed E-state index contributed by atoms with van der Waals surface area (Å²) in [6, 6.07) is 5.46. The summed E-state index contributed by atoms with van der Waals surface area (Å²) in [6.07, 6.45) is 0.636. The largest absolute Gasteiger partial charge is 0.508 e. The number of benzene rings is 2. The maximum Gasteiger partial charge on any atom is 0.317 e. The zero-order valence-electron chi connectivity index (χ0n) is 61.0. The predicted molar refractivity (Wildman–Crippen MR) is 378 cm³/mol. The fourth-order valence-corrected chi connectivity index (χ4v) is 11.0. The third-order valence-corrected chi connectivity index (χ3v) is 16.3. The van der Waals surface area contributed by atoms with Gasteiger partial charge in [-0.1, -0.05) is 70.5 Å². The number of amides is 7. The van der Waals surface area contributed by atoms with Gasteiger partial charge in [0.05, 0.1) is 72.0 Å². The molecule has 42 nitrogen and oxygen atoms in total. The number of phenolic OH excluding ortho intramolecular Hbond substituents is 1. The van der Waals surface area contributed by atoms with E-state index in [1.807, 2.05) is 13.8 Å². The fourth-order valence-electron chi connectivity index (χ4n) is 11.0. The van der Waals surface area contributed by atoms with Crippen molar-refractivity contribution in [3.05, 3.63) is 65.2 Å². The minimum absolute atomic E-state index is 0.00995. The van der Waals surface area contributed by atoms with E-state index in [9.17, 15) is 138 Å². The number of aromatic hydroxyl groups is 1. The topological polar surface area (TPSA) is 620 Å². The van der Waals surface area contributed by atoms with Crippen LogP contribution in [0, 0.1) is 11.8 Å². The molecular weight excluding hydrogens is 1450 g/mol. The lowest BCUT2D eigenvalue weighted by Crippen LogP contribution is -2.58. The second-order valence-electron chi connectivity index (χ2n) is 26.0. The lowest BCUT2D eigenvalue weighted by atomic mass is 9.96. The van der Waals surface area contributed by atoms with Gasteiger partial charge in [-0.2, -0.15) is 0 Å². The van der Waals surface area contributed by atoms with E-state index in [1.165, 1.54) is 24.0 Å². The van der Waals surface area contributed by atoms with Crippen LogP contribution < -0.4 is 37.2 Å². The number of carbonyl (C=O) groups excluding carboxylic acids is 7. The SMILES string of the molecule is CCC(C)[C@H](NC(=O)[C@H](Cc1ccc(O)cc1)NC(C)=O)C(=O)N[C@@H](CC(C)C)C(=O)NCc1ccc(CNC(=O)CN(CCNC(=O)[C@@H](CN(CCN(CC(=O)O)CC(=O)O)CC(=O)O)N(CC(=O)O)CC(=O)O)CCNC(=O)[C@@H](CN(CCN(CC(=O)O)CC(=O)O)CC(=O)O)N(CC(=O)O)CC(=O)O)cc1. The lowest BCUT2D eigenvalue weighted by molar-refractivity contribution is -0.147. The Balaban J connectivity index is 2.56. The maximum atomic E-state index is 14.3. The van der Waals surface area contributed by atoms with Crippen LogP contribution in [0.4, 0.5) is 0 Å². The molecule has 0 saturated heterocycles.